The minimum absolute atomic E-state index is 0.0365. The highest BCUT2D eigenvalue weighted by Gasteiger charge is 2.25. The van der Waals surface area contributed by atoms with Gasteiger partial charge in [0.2, 0.25) is 0 Å². The van der Waals surface area contributed by atoms with Crippen LogP contribution in [0.15, 0.2) is 45.8 Å². The summed E-state index contributed by atoms with van der Waals surface area (Å²) in [5.74, 6) is -1.46. The van der Waals surface area contributed by atoms with Gasteiger partial charge in [0, 0.05) is 0 Å². The molecular weight excluding hydrogens is 415 g/mol. The van der Waals surface area contributed by atoms with Crippen LogP contribution in [0, 0.1) is 5.82 Å². The SMILES string of the molecule is CCOC(=O)c1c(CS(=O)(=O)c2ccc(F)cc2)ccc(Br)c1OC. The summed E-state index contributed by atoms with van der Waals surface area (Å²) in [5, 5.41) is 0. The first-order valence-corrected chi connectivity index (χ1v) is 9.75. The highest BCUT2D eigenvalue weighted by atomic mass is 79.9. The van der Waals surface area contributed by atoms with Crippen molar-refractivity contribution >= 4 is 31.7 Å². The molecule has 0 aromatic heterocycles. The Bertz CT molecular complexity index is 879. The second-order valence-corrected chi connectivity index (χ2v) is 7.89. The first-order chi connectivity index (χ1) is 11.8. The molecule has 134 valence electrons. The Morgan fingerprint density at radius 2 is 1.80 bits per heavy atom. The molecule has 0 unspecified atom stereocenters. The van der Waals surface area contributed by atoms with Crippen LogP contribution in [0.4, 0.5) is 4.39 Å². The highest BCUT2D eigenvalue weighted by Crippen LogP contribution is 2.33. The number of carbonyl (C=O) groups is 1. The molecule has 5 nitrogen and oxygen atoms in total. The molecule has 0 bridgehead atoms. The summed E-state index contributed by atoms with van der Waals surface area (Å²) in [4.78, 5) is 12.3. The molecule has 0 N–H and O–H groups in total. The third-order valence-electron chi connectivity index (χ3n) is 3.40. The molecule has 8 heteroatoms. The zero-order chi connectivity index (χ0) is 18.6. The third kappa shape index (κ3) is 4.38. The van der Waals surface area contributed by atoms with Crippen molar-refractivity contribution in [3.8, 4) is 5.75 Å². The molecule has 0 spiro atoms. The minimum Gasteiger partial charge on any atom is -0.495 e. The average Bonchev–Trinajstić information content (AvgIpc) is 2.56. The third-order valence-corrected chi connectivity index (χ3v) is 5.70. The van der Waals surface area contributed by atoms with Crippen LogP contribution in [0.2, 0.25) is 0 Å². The maximum Gasteiger partial charge on any atom is 0.342 e. The van der Waals surface area contributed by atoms with Crippen molar-refractivity contribution in [3.05, 3.63) is 57.8 Å². The highest BCUT2D eigenvalue weighted by molar-refractivity contribution is 9.10. The smallest absolute Gasteiger partial charge is 0.342 e. The molecular formula is C17H16BrFO5S. The maximum atomic E-state index is 13.0. The van der Waals surface area contributed by atoms with Gasteiger partial charge in [-0.25, -0.2) is 17.6 Å². The van der Waals surface area contributed by atoms with Crippen molar-refractivity contribution in [1.82, 2.24) is 0 Å². The van der Waals surface area contributed by atoms with E-state index in [1.54, 1.807) is 13.0 Å². The Kier molecular flexibility index (Phi) is 6.18. The zero-order valence-corrected chi connectivity index (χ0v) is 16.0. The molecule has 0 saturated heterocycles. The van der Waals surface area contributed by atoms with Gasteiger partial charge in [-0.15, -0.1) is 0 Å². The van der Waals surface area contributed by atoms with Crippen LogP contribution in [0.3, 0.4) is 0 Å². The topological polar surface area (TPSA) is 69.7 Å². The Morgan fingerprint density at radius 3 is 2.36 bits per heavy atom. The van der Waals surface area contributed by atoms with Crippen molar-refractivity contribution in [3.63, 3.8) is 0 Å². The van der Waals surface area contributed by atoms with Gasteiger partial charge < -0.3 is 9.47 Å². The van der Waals surface area contributed by atoms with E-state index in [4.69, 9.17) is 9.47 Å². The Balaban J connectivity index is 2.51. The zero-order valence-electron chi connectivity index (χ0n) is 13.6. The number of hydrogen-bond acceptors (Lipinski definition) is 5. The molecule has 0 amide bonds. The van der Waals surface area contributed by atoms with Crippen LogP contribution >= 0.6 is 15.9 Å². The molecule has 0 aliphatic carbocycles. The standard InChI is InChI=1S/C17H16BrFO5S/c1-3-24-17(20)15-11(4-9-14(18)16(15)23-2)10-25(21,22)13-7-5-12(19)6-8-13/h4-9H,3,10H2,1-2H3. The van der Waals surface area contributed by atoms with E-state index in [2.05, 4.69) is 15.9 Å². The maximum absolute atomic E-state index is 13.0. The molecule has 25 heavy (non-hydrogen) atoms. The van der Waals surface area contributed by atoms with E-state index in [0.29, 0.717) is 4.47 Å². The lowest BCUT2D eigenvalue weighted by molar-refractivity contribution is 0.0521. The van der Waals surface area contributed by atoms with Crippen LogP contribution in [-0.2, 0) is 20.3 Å². The molecule has 0 fully saturated rings. The molecule has 2 aromatic rings. The summed E-state index contributed by atoms with van der Waals surface area (Å²) >= 11 is 3.27. The van der Waals surface area contributed by atoms with Crippen LogP contribution in [0.5, 0.6) is 5.75 Å². The second kappa shape index (κ2) is 7.97. The molecule has 2 rings (SSSR count). The van der Waals surface area contributed by atoms with Gasteiger partial charge in [-0.1, -0.05) is 6.07 Å². The summed E-state index contributed by atoms with van der Waals surface area (Å²) in [5.41, 5.74) is 0.284. The Labute approximate surface area is 153 Å². The van der Waals surface area contributed by atoms with E-state index in [1.165, 1.54) is 25.3 Å². The predicted octanol–water partition coefficient (Wildman–Crippen LogP) is 3.75. The summed E-state index contributed by atoms with van der Waals surface area (Å²) < 4.78 is 49.0. The van der Waals surface area contributed by atoms with Gasteiger partial charge in [-0.05, 0) is 58.7 Å². The quantitative estimate of drug-likeness (QED) is 0.515. The monoisotopic (exact) mass is 430 g/mol. The van der Waals surface area contributed by atoms with E-state index >= 15 is 0 Å². The fourth-order valence-corrected chi connectivity index (χ4v) is 4.13. The van der Waals surface area contributed by atoms with Gasteiger partial charge in [0.25, 0.3) is 0 Å². The Morgan fingerprint density at radius 1 is 1.16 bits per heavy atom. The average molecular weight is 431 g/mol. The number of hydrogen-bond donors (Lipinski definition) is 0. The predicted molar refractivity (Wildman–Crippen MR) is 93.9 cm³/mol. The van der Waals surface area contributed by atoms with E-state index in [0.717, 1.165) is 12.1 Å². The lowest BCUT2D eigenvalue weighted by Gasteiger charge is -2.15. The van der Waals surface area contributed by atoms with Gasteiger partial charge in [0.1, 0.15) is 17.1 Å². The minimum atomic E-state index is -3.78. The summed E-state index contributed by atoms with van der Waals surface area (Å²) in [6, 6.07) is 7.62. The van der Waals surface area contributed by atoms with Crippen molar-refractivity contribution in [1.29, 1.82) is 0 Å². The van der Waals surface area contributed by atoms with Gasteiger partial charge >= 0.3 is 5.97 Å². The fourth-order valence-electron chi connectivity index (χ4n) is 2.27. The molecule has 2 aromatic carbocycles. The van der Waals surface area contributed by atoms with Gasteiger partial charge in [0.05, 0.1) is 28.8 Å². The number of methoxy groups -OCH3 is 1. The first-order valence-electron chi connectivity index (χ1n) is 7.31. The summed E-state index contributed by atoms with van der Waals surface area (Å²) in [7, 11) is -2.41. The van der Waals surface area contributed by atoms with E-state index < -0.39 is 27.4 Å². The van der Waals surface area contributed by atoms with Gasteiger partial charge in [-0.3, -0.25) is 0 Å². The van der Waals surface area contributed by atoms with Crippen molar-refractivity contribution in [2.45, 2.75) is 17.6 Å². The van der Waals surface area contributed by atoms with E-state index in [1.807, 2.05) is 0 Å². The van der Waals surface area contributed by atoms with Crippen LogP contribution in [0.25, 0.3) is 0 Å². The van der Waals surface area contributed by atoms with E-state index in [9.17, 15) is 17.6 Å². The molecule has 0 atom stereocenters. The largest absolute Gasteiger partial charge is 0.495 e. The summed E-state index contributed by atoms with van der Waals surface area (Å²) in [6.45, 7) is 1.79. The molecule has 0 saturated carbocycles. The lowest BCUT2D eigenvalue weighted by atomic mass is 10.1. The summed E-state index contributed by atoms with van der Waals surface area (Å²) in [6.07, 6.45) is 0. The number of ether oxygens (including phenoxy) is 2. The van der Waals surface area contributed by atoms with Crippen molar-refractivity contribution < 1.29 is 27.1 Å². The Hall–Kier alpha value is -1.93. The number of carbonyl (C=O) groups excluding carboxylic acids is 1. The van der Waals surface area contributed by atoms with Gasteiger partial charge in [0.15, 0.2) is 9.84 Å². The fraction of sp³-hybridized carbons (Fsp3) is 0.235. The molecule has 0 aliphatic heterocycles. The van der Waals surface area contributed by atoms with Gasteiger partial charge in [-0.2, -0.15) is 0 Å². The van der Waals surface area contributed by atoms with Crippen LogP contribution in [-0.4, -0.2) is 28.1 Å². The van der Waals surface area contributed by atoms with Crippen molar-refractivity contribution in [2.75, 3.05) is 13.7 Å². The lowest BCUT2D eigenvalue weighted by Crippen LogP contribution is -2.14. The second-order valence-electron chi connectivity index (χ2n) is 5.05. The normalized spacial score (nSPS) is 11.2. The number of esters is 1. The molecule has 0 aliphatic rings. The van der Waals surface area contributed by atoms with Crippen LogP contribution in [0.1, 0.15) is 22.8 Å². The van der Waals surface area contributed by atoms with Crippen LogP contribution < -0.4 is 4.74 Å². The number of rotatable bonds is 6. The molecule has 0 radical (unpaired) electrons. The molecule has 0 heterocycles. The number of halogens is 2. The number of benzene rings is 2. The number of sulfone groups is 1. The first kappa shape index (κ1) is 19.4. The van der Waals surface area contributed by atoms with Crippen molar-refractivity contribution in [2.24, 2.45) is 0 Å². The van der Waals surface area contributed by atoms with E-state index in [-0.39, 0.29) is 28.4 Å².